The number of H-pyrrole nitrogens is 1. The first kappa shape index (κ1) is 19.7. The molecule has 0 saturated carbocycles. The maximum absolute atomic E-state index is 12.6. The molecule has 1 aromatic heterocycles. The number of rotatable bonds is 7. The fourth-order valence-corrected chi connectivity index (χ4v) is 4.34. The maximum Gasteiger partial charge on any atom is 0.267 e. The van der Waals surface area contributed by atoms with Crippen molar-refractivity contribution >= 4 is 16.8 Å². The molecule has 0 spiro atoms. The van der Waals surface area contributed by atoms with Gasteiger partial charge in [-0.3, -0.25) is 4.79 Å². The van der Waals surface area contributed by atoms with Gasteiger partial charge in [0.1, 0.15) is 5.69 Å². The number of aromatic amines is 1. The molecule has 2 N–H and O–H groups in total. The summed E-state index contributed by atoms with van der Waals surface area (Å²) < 4.78 is 0. The fraction of sp³-hybridized carbons (Fsp3) is 0.400. The molecule has 1 aliphatic rings. The molecule has 3 aromatic rings. The van der Waals surface area contributed by atoms with Crippen LogP contribution in [0.5, 0.6) is 0 Å². The number of fused-ring (bicyclic) bond motifs is 1. The van der Waals surface area contributed by atoms with Crippen molar-refractivity contribution in [2.75, 3.05) is 26.2 Å². The third-order valence-corrected chi connectivity index (χ3v) is 6.05. The lowest BCUT2D eigenvalue weighted by molar-refractivity contribution is 0.0928. The number of amides is 1. The molecule has 152 valence electrons. The van der Waals surface area contributed by atoms with Crippen LogP contribution in [0.25, 0.3) is 10.9 Å². The van der Waals surface area contributed by atoms with Crippen LogP contribution < -0.4 is 5.32 Å². The molecular weight excluding hydrogens is 358 g/mol. The van der Waals surface area contributed by atoms with Crippen LogP contribution in [0.1, 0.15) is 41.4 Å². The largest absolute Gasteiger partial charge is 0.351 e. The minimum Gasteiger partial charge on any atom is -0.351 e. The van der Waals surface area contributed by atoms with E-state index < -0.39 is 0 Å². The second-order valence-electron chi connectivity index (χ2n) is 8.21. The topological polar surface area (TPSA) is 48.1 Å². The van der Waals surface area contributed by atoms with E-state index in [1.165, 1.54) is 30.5 Å². The van der Waals surface area contributed by atoms with E-state index >= 15 is 0 Å². The third-order valence-electron chi connectivity index (χ3n) is 6.05. The van der Waals surface area contributed by atoms with Crippen LogP contribution in [0, 0.1) is 5.92 Å². The summed E-state index contributed by atoms with van der Waals surface area (Å²) in [7, 11) is 0. The van der Waals surface area contributed by atoms with Gasteiger partial charge in [-0.05, 0) is 61.4 Å². The minimum absolute atomic E-state index is 0.00490. The van der Waals surface area contributed by atoms with Crippen molar-refractivity contribution < 1.29 is 4.79 Å². The van der Waals surface area contributed by atoms with Crippen LogP contribution in [-0.2, 0) is 12.8 Å². The number of aryl methyl sites for hydroxylation is 1. The summed E-state index contributed by atoms with van der Waals surface area (Å²) in [4.78, 5) is 18.3. The van der Waals surface area contributed by atoms with E-state index in [0.29, 0.717) is 11.6 Å². The van der Waals surface area contributed by atoms with E-state index in [2.05, 4.69) is 46.4 Å². The summed E-state index contributed by atoms with van der Waals surface area (Å²) in [6.07, 6.45) is 4.59. The SMILES string of the molecule is CCc1cccc(CCN2CCCC(CNC(=O)c3cc4ccccc4[nH]3)C2)c1. The molecule has 0 aliphatic carbocycles. The van der Waals surface area contributed by atoms with Crippen molar-refractivity contribution in [3.05, 3.63) is 71.4 Å². The first-order chi connectivity index (χ1) is 14.2. The lowest BCUT2D eigenvalue weighted by Gasteiger charge is -2.32. The van der Waals surface area contributed by atoms with E-state index in [-0.39, 0.29) is 5.91 Å². The molecule has 1 aliphatic heterocycles. The van der Waals surface area contributed by atoms with Gasteiger partial charge >= 0.3 is 0 Å². The summed E-state index contributed by atoms with van der Waals surface area (Å²) in [5, 5.41) is 4.22. The predicted molar refractivity (Wildman–Crippen MR) is 119 cm³/mol. The van der Waals surface area contributed by atoms with Gasteiger partial charge in [0.05, 0.1) is 0 Å². The number of carbonyl (C=O) groups excluding carboxylic acids is 1. The normalized spacial score (nSPS) is 17.5. The van der Waals surface area contributed by atoms with Crippen LogP contribution in [0.2, 0.25) is 0 Å². The first-order valence-electron chi connectivity index (χ1n) is 10.9. The minimum atomic E-state index is -0.00490. The molecule has 1 saturated heterocycles. The zero-order valence-corrected chi connectivity index (χ0v) is 17.3. The standard InChI is InChI=1S/C25H31N3O/c1-2-19-7-5-8-20(15-19)12-14-28-13-6-9-21(18-28)17-26-25(29)24-16-22-10-3-4-11-23(22)27-24/h3-5,7-8,10-11,15-16,21,27H,2,6,9,12-14,17-18H2,1H3,(H,26,29). The summed E-state index contributed by atoms with van der Waals surface area (Å²) in [6, 6.07) is 18.9. The Kier molecular flexibility index (Phi) is 6.30. The fourth-order valence-electron chi connectivity index (χ4n) is 4.34. The van der Waals surface area contributed by atoms with E-state index in [9.17, 15) is 4.79 Å². The highest BCUT2D eigenvalue weighted by molar-refractivity contribution is 5.97. The lowest BCUT2D eigenvalue weighted by Crippen LogP contribution is -2.41. The Labute approximate surface area is 173 Å². The number of benzene rings is 2. The summed E-state index contributed by atoms with van der Waals surface area (Å²) in [6.45, 7) is 6.29. The van der Waals surface area contributed by atoms with Crippen LogP contribution in [-0.4, -0.2) is 42.0 Å². The highest BCUT2D eigenvalue weighted by atomic mass is 16.1. The third kappa shape index (κ3) is 5.07. The zero-order valence-electron chi connectivity index (χ0n) is 17.3. The van der Waals surface area contributed by atoms with Gasteiger partial charge in [0.25, 0.3) is 5.91 Å². The van der Waals surface area contributed by atoms with Crippen molar-refractivity contribution in [2.45, 2.75) is 32.6 Å². The van der Waals surface area contributed by atoms with E-state index in [0.717, 1.165) is 43.4 Å². The molecule has 4 heteroatoms. The van der Waals surface area contributed by atoms with Crippen molar-refractivity contribution in [3.63, 3.8) is 0 Å². The van der Waals surface area contributed by atoms with E-state index in [1.54, 1.807) is 0 Å². The van der Waals surface area contributed by atoms with Crippen molar-refractivity contribution in [3.8, 4) is 0 Å². The lowest BCUT2D eigenvalue weighted by atomic mass is 9.97. The Morgan fingerprint density at radius 3 is 2.86 bits per heavy atom. The van der Waals surface area contributed by atoms with Crippen molar-refractivity contribution in [1.82, 2.24) is 15.2 Å². The molecule has 1 unspecified atom stereocenters. The molecule has 1 fully saturated rings. The number of hydrogen-bond acceptors (Lipinski definition) is 2. The summed E-state index contributed by atoms with van der Waals surface area (Å²) in [5.74, 6) is 0.522. The average molecular weight is 390 g/mol. The number of nitrogens with zero attached hydrogens (tertiary/aromatic N) is 1. The Hall–Kier alpha value is -2.59. The number of para-hydroxylation sites is 1. The molecule has 4 nitrogen and oxygen atoms in total. The zero-order chi connectivity index (χ0) is 20.1. The quantitative estimate of drug-likeness (QED) is 0.629. The predicted octanol–water partition coefficient (Wildman–Crippen LogP) is 4.41. The molecule has 2 aromatic carbocycles. The van der Waals surface area contributed by atoms with Gasteiger partial charge in [-0.15, -0.1) is 0 Å². The number of hydrogen-bond donors (Lipinski definition) is 2. The monoisotopic (exact) mass is 389 g/mol. The van der Waals surface area contributed by atoms with Gasteiger partial charge in [0.15, 0.2) is 0 Å². The molecular formula is C25H31N3O. The number of aromatic nitrogens is 1. The number of piperidine rings is 1. The second-order valence-corrected chi connectivity index (χ2v) is 8.21. The Bertz CT molecular complexity index is 928. The highest BCUT2D eigenvalue weighted by Gasteiger charge is 2.20. The molecule has 0 radical (unpaired) electrons. The first-order valence-corrected chi connectivity index (χ1v) is 10.9. The van der Waals surface area contributed by atoms with Crippen molar-refractivity contribution in [2.24, 2.45) is 5.92 Å². The Morgan fingerprint density at radius 2 is 2.00 bits per heavy atom. The Morgan fingerprint density at radius 1 is 1.14 bits per heavy atom. The number of likely N-dealkylation sites (tertiary alicyclic amines) is 1. The van der Waals surface area contributed by atoms with Crippen LogP contribution >= 0.6 is 0 Å². The molecule has 1 atom stereocenters. The highest BCUT2D eigenvalue weighted by Crippen LogP contribution is 2.18. The van der Waals surface area contributed by atoms with Crippen LogP contribution in [0.15, 0.2) is 54.6 Å². The smallest absolute Gasteiger partial charge is 0.267 e. The average Bonchev–Trinajstić information content (AvgIpc) is 3.21. The van der Waals surface area contributed by atoms with Gasteiger partial charge in [-0.25, -0.2) is 0 Å². The maximum atomic E-state index is 12.6. The number of carbonyl (C=O) groups is 1. The van der Waals surface area contributed by atoms with Gasteiger partial charge in [0.2, 0.25) is 0 Å². The van der Waals surface area contributed by atoms with Gasteiger partial charge in [0, 0.05) is 30.5 Å². The second kappa shape index (κ2) is 9.27. The van der Waals surface area contributed by atoms with Crippen molar-refractivity contribution in [1.29, 1.82) is 0 Å². The molecule has 2 heterocycles. The molecule has 29 heavy (non-hydrogen) atoms. The molecule has 1 amide bonds. The summed E-state index contributed by atoms with van der Waals surface area (Å²) in [5.41, 5.74) is 4.50. The van der Waals surface area contributed by atoms with Crippen LogP contribution in [0.3, 0.4) is 0 Å². The number of nitrogens with one attached hydrogen (secondary N) is 2. The van der Waals surface area contributed by atoms with E-state index in [4.69, 9.17) is 0 Å². The van der Waals surface area contributed by atoms with Crippen LogP contribution in [0.4, 0.5) is 0 Å². The molecule has 0 bridgehead atoms. The molecule has 4 rings (SSSR count). The van der Waals surface area contributed by atoms with Gasteiger partial charge in [-0.2, -0.15) is 0 Å². The van der Waals surface area contributed by atoms with Gasteiger partial charge in [-0.1, -0.05) is 49.4 Å². The van der Waals surface area contributed by atoms with E-state index in [1.807, 2.05) is 30.3 Å². The summed E-state index contributed by atoms with van der Waals surface area (Å²) >= 11 is 0. The Balaban J connectivity index is 1.26. The van der Waals surface area contributed by atoms with Gasteiger partial charge < -0.3 is 15.2 Å².